The molecule has 2 aromatic carbocycles. The second-order valence-electron chi connectivity index (χ2n) is 6.83. The van der Waals surface area contributed by atoms with Crippen LogP contribution in [0.1, 0.15) is 18.4 Å². The number of para-hydroxylation sites is 1. The standard InChI is InChI=1S/C20H22Cl2N2O4S/c1-28-13-15-4-2-3-5-18(15)23-20(25)14-8-10-24(11-9-14)29(26,27)19-12-16(21)6-7-17(19)22/h2-7,12,14H,8-11,13H2,1H3,(H,23,25). The van der Waals surface area contributed by atoms with Crippen LogP contribution in [0.15, 0.2) is 47.4 Å². The van der Waals surface area contributed by atoms with Crippen molar-refractivity contribution in [1.29, 1.82) is 0 Å². The molecule has 0 spiro atoms. The van der Waals surface area contributed by atoms with Crippen molar-refractivity contribution < 1.29 is 17.9 Å². The van der Waals surface area contributed by atoms with Crippen molar-refractivity contribution in [3.8, 4) is 0 Å². The zero-order valence-electron chi connectivity index (χ0n) is 15.9. The molecule has 1 fully saturated rings. The highest BCUT2D eigenvalue weighted by atomic mass is 35.5. The lowest BCUT2D eigenvalue weighted by Gasteiger charge is -2.31. The Bertz CT molecular complexity index is 990. The number of carbonyl (C=O) groups excluding carboxylic acids is 1. The van der Waals surface area contributed by atoms with Crippen LogP contribution >= 0.6 is 23.2 Å². The second kappa shape index (κ2) is 9.45. The molecule has 1 aliphatic heterocycles. The average molecular weight is 457 g/mol. The molecule has 1 amide bonds. The van der Waals surface area contributed by atoms with Gasteiger partial charge in [0.05, 0.1) is 11.6 Å². The number of sulfonamides is 1. The van der Waals surface area contributed by atoms with Crippen molar-refractivity contribution in [2.75, 3.05) is 25.5 Å². The first-order valence-corrected chi connectivity index (χ1v) is 11.4. The Hall–Kier alpha value is -1.64. The van der Waals surface area contributed by atoms with Gasteiger partial charge in [0.2, 0.25) is 15.9 Å². The molecule has 1 N–H and O–H groups in total. The first-order chi connectivity index (χ1) is 13.8. The molecule has 1 aliphatic rings. The number of hydrogen-bond donors (Lipinski definition) is 1. The number of ether oxygens (including phenoxy) is 1. The number of benzene rings is 2. The number of amides is 1. The van der Waals surface area contributed by atoms with E-state index in [2.05, 4.69) is 5.32 Å². The highest BCUT2D eigenvalue weighted by Gasteiger charge is 2.33. The van der Waals surface area contributed by atoms with E-state index in [1.165, 1.54) is 16.4 Å². The van der Waals surface area contributed by atoms with Gasteiger partial charge in [0.15, 0.2) is 0 Å². The zero-order valence-corrected chi connectivity index (χ0v) is 18.2. The number of hydrogen-bond acceptors (Lipinski definition) is 4. The number of rotatable bonds is 6. The van der Waals surface area contributed by atoms with E-state index < -0.39 is 10.0 Å². The first-order valence-electron chi connectivity index (χ1n) is 9.16. The SMILES string of the molecule is COCc1ccccc1NC(=O)C1CCN(S(=O)(=O)c2cc(Cl)ccc2Cl)CC1. The summed E-state index contributed by atoms with van der Waals surface area (Å²) in [7, 11) is -2.17. The molecular formula is C20H22Cl2N2O4S. The summed E-state index contributed by atoms with van der Waals surface area (Å²) < 4.78 is 32.3. The molecule has 2 aromatic rings. The van der Waals surface area contributed by atoms with Crippen molar-refractivity contribution in [2.45, 2.75) is 24.3 Å². The van der Waals surface area contributed by atoms with Crippen LogP contribution in [0.2, 0.25) is 10.0 Å². The predicted molar refractivity (Wildman–Crippen MR) is 114 cm³/mol. The number of nitrogens with one attached hydrogen (secondary N) is 1. The monoisotopic (exact) mass is 456 g/mol. The molecule has 0 aromatic heterocycles. The number of piperidine rings is 1. The molecule has 0 atom stereocenters. The van der Waals surface area contributed by atoms with Crippen molar-refractivity contribution in [3.63, 3.8) is 0 Å². The molecule has 29 heavy (non-hydrogen) atoms. The molecule has 0 bridgehead atoms. The number of anilines is 1. The van der Waals surface area contributed by atoms with Crippen LogP contribution in [0.5, 0.6) is 0 Å². The minimum Gasteiger partial charge on any atom is -0.380 e. The highest BCUT2D eigenvalue weighted by Crippen LogP contribution is 2.30. The van der Waals surface area contributed by atoms with E-state index in [-0.39, 0.29) is 34.8 Å². The topological polar surface area (TPSA) is 75.7 Å². The van der Waals surface area contributed by atoms with Gasteiger partial charge in [-0.05, 0) is 37.1 Å². The minimum atomic E-state index is -3.77. The van der Waals surface area contributed by atoms with Gasteiger partial charge in [0.25, 0.3) is 0 Å². The maximum Gasteiger partial charge on any atom is 0.244 e. The summed E-state index contributed by atoms with van der Waals surface area (Å²) in [6.07, 6.45) is 0.853. The van der Waals surface area contributed by atoms with Gasteiger partial charge in [-0.15, -0.1) is 0 Å². The molecule has 0 unspecified atom stereocenters. The Kier molecular flexibility index (Phi) is 7.19. The molecule has 0 saturated carbocycles. The van der Waals surface area contributed by atoms with Gasteiger partial charge < -0.3 is 10.1 Å². The van der Waals surface area contributed by atoms with Crippen molar-refractivity contribution >= 4 is 44.8 Å². The van der Waals surface area contributed by atoms with Crippen LogP contribution < -0.4 is 5.32 Å². The van der Waals surface area contributed by atoms with Gasteiger partial charge in [-0.25, -0.2) is 8.42 Å². The number of nitrogens with zero attached hydrogens (tertiary/aromatic N) is 1. The minimum absolute atomic E-state index is 0.0111. The lowest BCUT2D eigenvalue weighted by molar-refractivity contribution is -0.120. The molecule has 3 rings (SSSR count). The fourth-order valence-corrected chi connectivity index (χ4v) is 5.54. The molecule has 6 nitrogen and oxygen atoms in total. The van der Waals surface area contributed by atoms with E-state index in [4.69, 9.17) is 27.9 Å². The molecule has 0 aliphatic carbocycles. The largest absolute Gasteiger partial charge is 0.380 e. The smallest absolute Gasteiger partial charge is 0.244 e. The molecule has 156 valence electrons. The lowest BCUT2D eigenvalue weighted by Crippen LogP contribution is -2.41. The predicted octanol–water partition coefficient (Wildman–Crippen LogP) is 4.18. The van der Waals surface area contributed by atoms with E-state index in [1.54, 1.807) is 13.2 Å². The van der Waals surface area contributed by atoms with E-state index in [0.29, 0.717) is 30.2 Å². The van der Waals surface area contributed by atoms with E-state index in [0.717, 1.165) is 5.56 Å². The molecule has 9 heteroatoms. The molecule has 0 radical (unpaired) electrons. The number of methoxy groups -OCH3 is 1. The molecule has 1 heterocycles. The summed E-state index contributed by atoms with van der Waals surface area (Å²) >= 11 is 12.0. The Balaban J connectivity index is 1.66. The Morgan fingerprint density at radius 3 is 2.55 bits per heavy atom. The van der Waals surface area contributed by atoms with Crippen molar-refractivity contribution in [2.24, 2.45) is 5.92 Å². The van der Waals surface area contributed by atoms with Gasteiger partial charge in [-0.3, -0.25) is 4.79 Å². The summed E-state index contributed by atoms with van der Waals surface area (Å²) in [4.78, 5) is 12.7. The molecule has 1 saturated heterocycles. The van der Waals surface area contributed by atoms with Crippen molar-refractivity contribution in [3.05, 3.63) is 58.1 Å². The third-order valence-electron chi connectivity index (χ3n) is 4.91. The summed E-state index contributed by atoms with van der Waals surface area (Å²) in [5.74, 6) is -0.390. The number of carbonyl (C=O) groups is 1. The molecular weight excluding hydrogens is 435 g/mol. The van der Waals surface area contributed by atoms with Gasteiger partial charge in [0, 0.05) is 42.4 Å². The Morgan fingerprint density at radius 1 is 1.17 bits per heavy atom. The Morgan fingerprint density at radius 2 is 1.86 bits per heavy atom. The normalized spacial score (nSPS) is 16.0. The average Bonchev–Trinajstić information content (AvgIpc) is 2.71. The Labute approximate surface area is 180 Å². The summed E-state index contributed by atoms with van der Waals surface area (Å²) in [6.45, 7) is 0.875. The van der Waals surface area contributed by atoms with Crippen LogP contribution in [-0.2, 0) is 26.2 Å². The van der Waals surface area contributed by atoms with Crippen molar-refractivity contribution in [1.82, 2.24) is 4.31 Å². The van der Waals surface area contributed by atoms with Crippen LogP contribution in [0.3, 0.4) is 0 Å². The van der Waals surface area contributed by atoms with Crippen LogP contribution in [0, 0.1) is 5.92 Å². The maximum atomic E-state index is 12.9. The van der Waals surface area contributed by atoms with Crippen LogP contribution in [-0.4, -0.2) is 38.8 Å². The van der Waals surface area contributed by atoms with Gasteiger partial charge >= 0.3 is 0 Å². The van der Waals surface area contributed by atoms with Crippen LogP contribution in [0.25, 0.3) is 0 Å². The third kappa shape index (κ3) is 5.10. The quantitative estimate of drug-likeness (QED) is 0.706. The maximum absolute atomic E-state index is 12.9. The zero-order chi connectivity index (χ0) is 21.0. The highest BCUT2D eigenvalue weighted by molar-refractivity contribution is 7.89. The van der Waals surface area contributed by atoms with Gasteiger partial charge in [0.1, 0.15) is 4.90 Å². The lowest BCUT2D eigenvalue weighted by atomic mass is 9.97. The fourth-order valence-electron chi connectivity index (χ4n) is 3.33. The van der Waals surface area contributed by atoms with E-state index >= 15 is 0 Å². The van der Waals surface area contributed by atoms with Gasteiger partial charge in [-0.2, -0.15) is 4.31 Å². The number of halogens is 2. The summed E-state index contributed by atoms with van der Waals surface area (Å²) in [5, 5.41) is 3.37. The fraction of sp³-hybridized carbons (Fsp3) is 0.350. The first kappa shape index (κ1) is 22.1. The van der Waals surface area contributed by atoms with Crippen LogP contribution in [0.4, 0.5) is 5.69 Å². The summed E-state index contributed by atoms with van der Waals surface area (Å²) in [6, 6.07) is 11.8. The van der Waals surface area contributed by atoms with E-state index in [9.17, 15) is 13.2 Å². The van der Waals surface area contributed by atoms with E-state index in [1.807, 2.05) is 24.3 Å². The third-order valence-corrected chi connectivity index (χ3v) is 7.53. The van der Waals surface area contributed by atoms with Gasteiger partial charge in [-0.1, -0.05) is 41.4 Å². The second-order valence-corrected chi connectivity index (χ2v) is 9.58. The summed E-state index contributed by atoms with van der Waals surface area (Å²) in [5.41, 5.74) is 1.60.